The zero-order valence-electron chi connectivity index (χ0n) is 14.5. The Hall–Kier alpha value is -2.99. The maximum Gasteiger partial charge on any atom is 0.435 e. The minimum absolute atomic E-state index is 0.00207. The van der Waals surface area contributed by atoms with Crippen LogP contribution in [0.1, 0.15) is 5.69 Å². The van der Waals surface area contributed by atoms with Crippen molar-refractivity contribution in [3.63, 3.8) is 0 Å². The van der Waals surface area contributed by atoms with E-state index in [4.69, 9.17) is 9.88 Å². The van der Waals surface area contributed by atoms with Crippen LogP contribution in [0, 0.1) is 11.6 Å². The lowest BCUT2D eigenvalue weighted by molar-refractivity contribution is -0.141. The average Bonchev–Trinajstić information content (AvgIpc) is 3.06. The van der Waals surface area contributed by atoms with E-state index in [0.29, 0.717) is 12.1 Å². The van der Waals surface area contributed by atoms with Crippen molar-refractivity contribution in [2.75, 3.05) is 7.11 Å². The second-order valence-corrected chi connectivity index (χ2v) is 7.36. The average molecular weight is 433 g/mol. The molecule has 0 saturated heterocycles. The zero-order valence-corrected chi connectivity index (χ0v) is 15.4. The van der Waals surface area contributed by atoms with E-state index in [-0.39, 0.29) is 22.7 Å². The Morgan fingerprint density at radius 2 is 1.72 bits per heavy atom. The number of nitrogens with zero attached hydrogens (tertiary/aromatic N) is 2. The molecule has 0 saturated carbocycles. The molecular formula is C17H12F5N3O3S. The molecule has 3 rings (SSSR count). The van der Waals surface area contributed by atoms with Gasteiger partial charge in [0.25, 0.3) is 0 Å². The van der Waals surface area contributed by atoms with Gasteiger partial charge >= 0.3 is 6.18 Å². The third kappa shape index (κ3) is 4.07. The number of sulfonamides is 1. The van der Waals surface area contributed by atoms with Gasteiger partial charge in [0, 0.05) is 11.6 Å². The van der Waals surface area contributed by atoms with Gasteiger partial charge < -0.3 is 4.74 Å². The molecule has 0 spiro atoms. The first kappa shape index (κ1) is 20.7. The lowest BCUT2D eigenvalue weighted by Gasteiger charge is -2.10. The molecule has 2 aromatic carbocycles. The first-order valence-electron chi connectivity index (χ1n) is 7.75. The monoisotopic (exact) mass is 433 g/mol. The molecule has 0 aliphatic heterocycles. The Bertz CT molecular complexity index is 1190. The number of rotatable bonds is 4. The summed E-state index contributed by atoms with van der Waals surface area (Å²) >= 11 is 0. The third-order valence-electron chi connectivity index (χ3n) is 3.91. The van der Waals surface area contributed by atoms with Gasteiger partial charge in [-0.3, -0.25) is 0 Å². The summed E-state index contributed by atoms with van der Waals surface area (Å²) in [5, 5.41) is 8.30. The SMILES string of the molecule is COc1ccc(-c2cc(C(F)(F)F)nn2-c2ccc(S(N)(=O)=O)c(F)c2)cc1F. The quantitative estimate of drug-likeness (QED) is 0.638. The summed E-state index contributed by atoms with van der Waals surface area (Å²) in [7, 11) is -3.15. The summed E-state index contributed by atoms with van der Waals surface area (Å²) in [5.74, 6) is -2.23. The van der Waals surface area contributed by atoms with E-state index < -0.39 is 38.4 Å². The van der Waals surface area contributed by atoms with Crippen LogP contribution in [0.2, 0.25) is 0 Å². The van der Waals surface area contributed by atoms with E-state index in [1.165, 1.54) is 19.2 Å². The van der Waals surface area contributed by atoms with Crippen LogP contribution < -0.4 is 9.88 Å². The smallest absolute Gasteiger partial charge is 0.435 e. The number of primary sulfonamides is 1. The summed E-state index contributed by atoms with van der Waals surface area (Å²) in [6, 6.07) is 6.59. The molecule has 0 unspecified atom stereocenters. The molecule has 0 fully saturated rings. The number of benzene rings is 2. The lowest BCUT2D eigenvalue weighted by Crippen LogP contribution is -2.14. The number of methoxy groups -OCH3 is 1. The molecule has 0 aliphatic carbocycles. The zero-order chi connectivity index (χ0) is 21.6. The van der Waals surface area contributed by atoms with Crippen LogP contribution >= 0.6 is 0 Å². The molecule has 1 heterocycles. The van der Waals surface area contributed by atoms with Crippen molar-refractivity contribution in [1.82, 2.24) is 9.78 Å². The molecule has 0 bridgehead atoms. The first-order chi connectivity index (χ1) is 13.4. The largest absolute Gasteiger partial charge is 0.494 e. The molecule has 0 radical (unpaired) electrons. The Morgan fingerprint density at radius 3 is 2.24 bits per heavy atom. The molecule has 0 atom stereocenters. The number of nitrogens with two attached hydrogens (primary N) is 1. The lowest BCUT2D eigenvalue weighted by atomic mass is 10.1. The Labute approximate surface area is 161 Å². The molecule has 0 amide bonds. The van der Waals surface area contributed by atoms with Crippen molar-refractivity contribution in [3.8, 4) is 22.7 Å². The highest BCUT2D eigenvalue weighted by atomic mass is 32.2. The summed E-state index contributed by atoms with van der Waals surface area (Å²) in [6.45, 7) is 0. The van der Waals surface area contributed by atoms with Gasteiger partial charge in [0.15, 0.2) is 17.3 Å². The highest BCUT2D eigenvalue weighted by molar-refractivity contribution is 7.89. The number of aromatic nitrogens is 2. The Balaban J connectivity index is 2.22. The summed E-state index contributed by atoms with van der Waals surface area (Å²) in [6.07, 6.45) is -4.83. The molecular weight excluding hydrogens is 421 g/mol. The van der Waals surface area contributed by atoms with Crippen LogP contribution in [-0.4, -0.2) is 25.3 Å². The first-order valence-corrected chi connectivity index (χ1v) is 9.30. The summed E-state index contributed by atoms with van der Waals surface area (Å²) in [5.41, 5.74) is -1.74. The van der Waals surface area contributed by atoms with Gasteiger partial charge in [-0.05, 0) is 36.4 Å². The number of halogens is 5. The standard InChI is InChI=1S/C17H12F5N3O3S/c1-28-14-4-2-9(6-11(14)18)13-8-16(17(20,21)22)24-25(13)10-3-5-15(12(19)7-10)29(23,26)27/h2-8H,1H3,(H2,23,26,27). The highest BCUT2D eigenvalue weighted by Crippen LogP contribution is 2.34. The number of hydrogen-bond acceptors (Lipinski definition) is 4. The summed E-state index contributed by atoms with van der Waals surface area (Å²) in [4.78, 5) is -0.832. The van der Waals surface area contributed by atoms with Crippen molar-refractivity contribution in [2.45, 2.75) is 11.1 Å². The number of alkyl halides is 3. The van der Waals surface area contributed by atoms with Crippen LogP contribution in [0.4, 0.5) is 22.0 Å². The molecule has 0 aliphatic rings. The van der Waals surface area contributed by atoms with Gasteiger partial charge in [0.2, 0.25) is 10.0 Å². The van der Waals surface area contributed by atoms with Gasteiger partial charge in [-0.1, -0.05) is 0 Å². The van der Waals surface area contributed by atoms with Gasteiger partial charge in [0.05, 0.1) is 18.5 Å². The van der Waals surface area contributed by atoms with E-state index in [1.807, 2.05) is 0 Å². The van der Waals surface area contributed by atoms with Crippen molar-refractivity contribution < 1.29 is 35.1 Å². The number of hydrogen-bond donors (Lipinski definition) is 1. The van der Waals surface area contributed by atoms with Gasteiger partial charge in [-0.2, -0.15) is 18.3 Å². The fourth-order valence-electron chi connectivity index (χ4n) is 2.60. The minimum atomic E-state index is -4.83. The second kappa shape index (κ2) is 7.12. The molecule has 154 valence electrons. The fourth-order valence-corrected chi connectivity index (χ4v) is 3.19. The van der Waals surface area contributed by atoms with E-state index in [9.17, 15) is 30.4 Å². The molecule has 2 N–H and O–H groups in total. The van der Waals surface area contributed by atoms with Crippen LogP contribution in [0.15, 0.2) is 47.4 Å². The minimum Gasteiger partial charge on any atom is -0.494 e. The second-order valence-electron chi connectivity index (χ2n) is 5.83. The maximum atomic E-state index is 14.2. The van der Waals surface area contributed by atoms with Crippen LogP contribution in [0.3, 0.4) is 0 Å². The van der Waals surface area contributed by atoms with Gasteiger partial charge in [0.1, 0.15) is 10.7 Å². The van der Waals surface area contributed by atoms with E-state index in [2.05, 4.69) is 5.10 Å². The molecule has 3 aromatic rings. The van der Waals surface area contributed by atoms with E-state index >= 15 is 0 Å². The van der Waals surface area contributed by atoms with Crippen LogP contribution in [-0.2, 0) is 16.2 Å². The summed E-state index contributed by atoms with van der Waals surface area (Å²) < 4.78 is 95.9. The van der Waals surface area contributed by atoms with E-state index in [0.717, 1.165) is 22.9 Å². The van der Waals surface area contributed by atoms with Crippen molar-refractivity contribution in [1.29, 1.82) is 0 Å². The fraction of sp³-hybridized carbons (Fsp3) is 0.118. The molecule has 6 nitrogen and oxygen atoms in total. The van der Waals surface area contributed by atoms with Crippen molar-refractivity contribution >= 4 is 10.0 Å². The molecule has 1 aromatic heterocycles. The van der Waals surface area contributed by atoms with Gasteiger partial charge in [-0.25, -0.2) is 27.0 Å². The molecule has 12 heteroatoms. The maximum absolute atomic E-state index is 14.2. The third-order valence-corrected chi connectivity index (χ3v) is 4.86. The Morgan fingerprint density at radius 1 is 1.03 bits per heavy atom. The predicted octanol–water partition coefficient (Wildman–Crippen LogP) is 3.49. The van der Waals surface area contributed by atoms with Crippen LogP contribution in [0.25, 0.3) is 16.9 Å². The van der Waals surface area contributed by atoms with Crippen molar-refractivity contribution in [2.24, 2.45) is 5.14 Å². The van der Waals surface area contributed by atoms with E-state index in [1.54, 1.807) is 0 Å². The Kier molecular flexibility index (Phi) is 5.09. The molecule has 29 heavy (non-hydrogen) atoms. The normalized spacial score (nSPS) is 12.2. The van der Waals surface area contributed by atoms with Crippen LogP contribution in [0.5, 0.6) is 5.75 Å². The van der Waals surface area contributed by atoms with Gasteiger partial charge in [-0.15, -0.1) is 0 Å². The highest BCUT2D eigenvalue weighted by Gasteiger charge is 2.35. The predicted molar refractivity (Wildman–Crippen MR) is 91.8 cm³/mol. The number of ether oxygens (including phenoxy) is 1. The van der Waals surface area contributed by atoms with Crippen molar-refractivity contribution in [3.05, 3.63) is 59.8 Å². The topological polar surface area (TPSA) is 87.2 Å².